The van der Waals surface area contributed by atoms with Gasteiger partial charge in [0.25, 0.3) is 5.89 Å². The molecule has 0 aliphatic carbocycles. The molecule has 3 aromatic rings. The van der Waals surface area contributed by atoms with Gasteiger partial charge in [-0.1, -0.05) is 16.8 Å². The molecule has 2 aromatic heterocycles. The van der Waals surface area contributed by atoms with Crippen LogP contribution in [0.1, 0.15) is 5.82 Å². The van der Waals surface area contributed by atoms with Crippen molar-refractivity contribution in [2.45, 2.75) is 10.6 Å². The van der Waals surface area contributed by atoms with Gasteiger partial charge in [0, 0.05) is 9.92 Å². The van der Waals surface area contributed by atoms with Crippen LogP contribution in [0.25, 0.3) is 10.8 Å². The van der Waals surface area contributed by atoms with E-state index in [1.165, 1.54) is 11.3 Å². The van der Waals surface area contributed by atoms with Crippen LogP contribution in [-0.4, -0.2) is 15.2 Å². The van der Waals surface area contributed by atoms with Gasteiger partial charge in [0.15, 0.2) is 5.82 Å². The Balaban J connectivity index is 1.69. The first-order chi connectivity index (χ1) is 9.72. The summed E-state index contributed by atoms with van der Waals surface area (Å²) in [5, 5.41) is 16.0. The molecule has 0 fully saturated rings. The van der Waals surface area contributed by atoms with Crippen molar-refractivity contribution in [3.63, 3.8) is 0 Å². The van der Waals surface area contributed by atoms with Crippen LogP contribution >= 0.6 is 34.7 Å². The van der Waals surface area contributed by atoms with Gasteiger partial charge in [-0.25, -0.2) is 0 Å². The molecule has 4 nitrogen and oxygen atoms in total. The van der Waals surface area contributed by atoms with Crippen LogP contribution in [0.3, 0.4) is 0 Å². The Kier molecular flexibility index (Phi) is 3.95. The second kappa shape index (κ2) is 5.87. The van der Waals surface area contributed by atoms with Gasteiger partial charge >= 0.3 is 0 Å². The Hall–Kier alpha value is -1.50. The average molecular weight is 325 g/mol. The third-order valence-electron chi connectivity index (χ3n) is 2.49. The third-order valence-corrected chi connectivity index (χ3v) is 4.64. The first-order valence-corrected chi connectivity index (χ1v) is 7.94. The summed E-state index contributed by atoms with van der Waals surface area (Å²) in [7, 11) is 0. The molecular formula is C13H9ClN2O2S2. The summed E-state index contributed by atoms with van der Waals surface area (Å²) in [5.74, 6) is 1.70. The molecule has 0 aliphatic heterocycles. The molecule has 102 valence electrons. The lowest BCUT2D eigenvalue weighted by Crippen LogP contribution is -1.83. The highest BCUT2D eigenvalue weighted by atomic mass is 35.5. The summed E-state index contributed by atoms with van der Waals surface area (Å²) in [6.45, 7) is 0. The summed E-state index contributed by atoms with van der Waals surface area (Å²) < 4.78 is 5.15. The van der Waals surface area contributed by atoms with Crippen molar-refractivity contribution >= 4 is 34.7 Å². The Labute approximate surface area is 128 Å². The van der Waals surface area contributed by atoms with Gasteiger partial charge in [-0.05, 0) is 35.7 Å². The summed E-state index contributed by atoms with van der Waals surface area (Å²) in [4.78, 5) is 5.95. The van der Waals surface area contributed by atoms with Crippen molar-refractivity contribution in [3.8, 4) is 16.5 Å². The summed E-state index contributed by atoms with van der Waals surface area (Å²) in [6, 6.07) is 9.18. The maximum Gasteiger partial charge on any atom is 0.271 e. The van der Waals surface area contributed by atoms with E-state index in [0.717, 1.165) is 4.90 Å². The minimum absolute atomic E-state index is 0.163. The number of aromatic nitrogens is 2. The number of thiophene rings is 1. The molecule has 0 saturated carbocycles. The molecule has 20 heavy (non-hydrogen) atoms. The zero-order valence-corrected chi connectivity index (χ0v) is 12.5. The first kappa shape index (κ1) is 13.5. The van der Waals surface area contributed by atoms with E-state index in [-0.39, 0.29) is 5.75 Å². The molecule has 0 unspecified atom stereocenters. The number of hydrogen-bond donors (Lipinski definition) is 1. The standard InChI is InChI=1S/C13H9ClN2O2S2/c14-8-1-3-9(4-2-8)20-7-11-15-13(18-16-11)12-10(17)5-6-19-12/h1-6,17H,7H2. The monoisotopic (exact) mass is 324 g/mol. The Morgan fingerprint density at radius 3 is 2.75 bits per heavy atom. The first-order valence-electron chi connectivity index (χ1n) is 5.70. The van der Waals surface area contributed by atoms with E-state index in [9.17, 15) is 5.11 Å². The zero-order valence-electron chi connectivity index (χ0n) is 10.1. The number of rotatable bonds is 4. The summed E-state index contributed by atoms with van der Waals surface area (Å²) in [5.41, 5.74) is 0. The fourth-order valence-electron chi connectivity index (χ4n) is 1.55. The van der Waals surface area contributed by atoms with Crippen LogP contribution in [0, 0.1) is 0 Å². The highest BCUT2D eigenvalue weighted by Gasteiger charge is 2.14. The van der Waals surface area contributed by atoms with Crippen molar-refractivity contribution in [2.75, 3.05) is 0 Å². The number of thioether (sulfide) groups is 1. The maximum atomic E-state index is 9.61. The fourth-order valence-corrected chi connectivity index (χ4v) is 3.12. The molecule has 0 radical (unpaired) electrons. The third kappa shape index (κ3) is 2.98. The average Bonchev–Trinajstić information content (AvgIpc) is 3.06. The lowest BCUT2D eigenvalue weighted by atomic mass is 10.4. The molecule has 0 amide bonds. The van der Waals surface area contributed by atoms with E-state index in [0.29, 0.717) is 27.4 Å². The zero-order chi connectivity index (χ0) is 13.9. The molecule has 7 heteroatoms. The largest absolute Gasteiger partial charge is 0.506 e. The van der Waals surface area contributed by atoms with E-state index < -0.39 is 0 Å². The molecular weight excluding hydrogens is 316 g/mol. The van der Waals surface area contributed by atoms with Crippen molar-refractivity contribution < 1.29 is 9.63 Å². The van der Waals surface area contributed by atoms with Crippen LogP contribution in [0.15, 0.2) is 45.1 Å². The fraction of sp³-hybridized carbons (Fsp3) is 0.0769. The van der Waals surface area contributed by atoms with Gasteiger partial charge in [-0.15, -0.1) is 23.1 Å². The lowest BCUT2D eigenvalue weighted by Gasteiger charge is -1.97. The van der Waals surface area contributed by atoms with Gasteiger partial charge in [-0.2, -0.15) is 4.98 Å². The van der Waals surface area contributed by atoms with E-state index >= 15 is 0 Å². The van der Waals surface area contributed by atoms with Gasteiger partial charge < -0.3 is 9.63 Å². The van der Waals surface area contributed by atoms with E-state index in [1.54, 1.807) is 23.2 Å². The number of aromatic hydroxyl groups is 1. The van der Waals surface area contributed by atoms with E-state index in [2.05, 4.69) is 10.1 Å². The molecule has 0 aliphatic rings. The van der Waals surface area contributed by atoms with E-state index in [1.807, 2.05) is 24.3 Å². The van der Waals surface area contributed by atoms with E-state index in [4.69, 9.17) is 16.1 Å². The smallest absolute Gasteiger partial charge is 0.271 e. The highest BCUT2D eigenvalue weighted by molar-refractivity contribution is 7.98. The number of hydrogen-bond acceptors (Lipinski definition) is 6. The molecule has 0 saturated heterocycles. The Morgan fingerprint density at radius 1 is 1.25 bits per heavy atom. The minimum atomic E-state index is 0.163. The SMILES string of the molecule is Oc1ccsc1-c1nc(CSc2ccc(Cl)cc2)no1. The van der Waals surface area contributed by atoms with Gasteiger partial charge in [-0.3, -0.25) is 0 Å². The maximum absolute atomic E-state index is 9.61. The Morgan fingerprint density at radius 2 is 2.05 bits per heavy atom. The topological polar surface area (TPSA) is 59.2 Å². The molecule has 2 heterocycles. The number of halogens is 1. The molecule has 0 atom stereocenters. The normalized spacial score (nSPS) is 10.8. The molecule has 3 rings (SSSR count). The van der Waals surface area contributed by atoms with Gasteiger partial charge in [0.05, 0.1) is 5.75 Å². The second-order valence-electron chi connectivity index (χ2n) is 3.89. The van der Waals surface area contributed by atoms with Crippen LogP contribution < -0.4 is 0 Å². The quantitative estimate of drug-likeness (QED) is 0.718. The predicted molar refractivity (Wildman–Crippen MR) is 80.3 cm³/mol. The van der Waals surface area contributed by atoms with Gasteiger partial charge in [0.1, 0.15) is 10.6 Å². The van der Waals surface area contributed by atoms with Crippen molar-refractivity contribution in [3.05, 3.63) is 46.6 Å². The van der Waals surface area contributed by atoms with Crippen LogP contribution in [0.2, 0.25) is 5.02 Å². The van der Waals surface area contributed by atoms with Crippen LogP contribution in [0.4, 0.5) is 0 Å². The minimum Gasteiger partial charge on any atom is -0.506 e. The van der Waals surface area contributed by atoms with Gasteiger partial charge in [0.2, 0.25) is 0 Å². The molecule has 0 bridgehead atoms. The second-order valence-corrected chi connectivity index (χ2v) is 6.29. The molecule has 1 aromatic carbocycles. The van der Waals surface area contributed by atoms with Crippen molar-refractivity contribution in [1.29, 1.82) is 0 Å². The lowest BCUT2D eigenvalue weighted by molar-refractivity contribution is 0.421. The summed E-state index contributed by atoms with van der Waals surface area (Å²) >= 11 is 8.79. The predicted octanol–water partition coefficient (Wildman–Crippen LogP) is 4.45. The van der Waals surface area contributed by atoms with Crippen LogP contribution in [0.5, 0.6) is 5.75 Å². The molecule has 1 N–H and O–H groups in total. The van der Waals surface area contributed by atoms with Crippen molar-refractivity contribution in [1.82, 2.24) is 10.1 Å². The number of nitrogens with zero attached hydrogens (tertiary/aromatic N) is 2. The molecule has 0 spiro atoms. The highest BCUT2D eigenvalue weighted by Crippen LogP contribution is 2.33. The summed E-state index contributed by atoms with van der Waals surface area (Å²) in [6.07, 6.45) is 0. The van der Waals surface area contributed by atoms with Crippen molar-refractivity contribution in [2.24, 2.45) is 0 Å². The number of benzene rings is 1. The Bertz CT molecular complexity index is 709. The van der Waals surface area contributed by atoms with Crippen LogP contribution in [-0.2, 0) is 5.75 Å².